The lowest BCUT2D eigenvalue weighted by Gasteiger charge is -2.21. The summed E-state index contributed by atoms with van der Waals surface area (Å²) in [4.78, 5) is 0. The number of hydrogen-bond donors (Lipinski definition) is 1. The molecule has 1 aromatic carbocycles. The molecule has 96 valence electrons. The number of aliphatic hydroxyl groups excluding tert-OH is 1. The van der Waals surface area contributed by atoms with Crippen LogP contribution in [0.2, 0.25) is 0 Å². The van der Waals surface area contributed by atoms with Gasteiger partial charge in [-0.05, 0) is 30.5 Å². The molecule has 0 aromatic heterocycles. The Labute approximate surface area is 112 Å². The van der Waals surface area contributed by atoms with E-state index in [1.807, 2.05) is 18.2 Å². The van der Waals surface area contributed by atoms with Gasteiger partial charge in [0.05, 0.1) is 13.2 Å². The lowest BCUT2D eigenvalue weighted by Crippen LogP contribution is -2.10. The second-order valence-electron chi connectivity index (χ2n) is 4.45. The number of unbranched alkanes of at least 4 members (excludes halogenated alkanes) is 1. The fraction of sp³-hybridized carbons (Fsp3) is 0.571. The van der Waals surface area contributed by atoms with Gasteiger partial charge in [-0.25, -0.2) is 0 Å². The first-order valence-corrected chi connectivity index (χ1v) is 6.91. The molecule has 1 rings (SSSR count). The Morgan fingerprint density at radius 1 is 1.41 bits per heavy atom. The van der Waals surface area contributed by atoms with E-state index in [4.69, 9.17) is 4.74 Å². The summed E-state index contributed by atoms with van der Waals surface area (Å²) in [6, 6.07) is 5.74. The quantitative estimate of drug-likeness (QED) is 0.848. The molecule has 2 unspecified atom stereocenters. The van der Waals surface area contributed by atoms with E-state index in [9.17, 15) is 5.11 Å². The van der Waals surface area contributed by atoms with Crippen LogP contribution in [-0.4, -0.2) is 12.2 Å². The van der Waals surface area contributed by atoms with Gasteiger partial charge in [0.2, 0.25) is 0 Å². The monoisotopic (exact) mass is 300 g/mol. The molecular formula is C14H21BrO2. The van der Waals surface area contributed by atoms with Crippen molar-refractivity contribution < 1.29 is 9.84 Å². The molecule has 0 saturated carbocycles. The van der Waals surface area contributed by atoms with E-state index in [0.29, 0.717) is 0 Å². The van der Waals surface area contributed by atoms with E-state index in [2.05, 4.69) is 29.8 Å². The minimum atomic E-state index is -0.464. The van der Waals surface area contributed by atoms with Crippen LogP contribution in [0.1, 0.15) is 44.8 Å². The van der Waals surface area contributed by atoms with Gasteiger partial charge in [-0.1, -0.05) is 42.6 Å². The van der Waals surface area contributed by atoms with Crippen LogP contribution < -0.4 is 4.74 Å². The van der Waals surface area contributed by atoms with Crippen molar-refractivity contribution in [2.75, 3.05) is 7.11 Å². The molecule has 0 spiro atoms. The fourth-order valence-corrected chi connectivity index (χ4v) is 2.31. The van der Waals surface area contributed by atoms with Crippen LogP contribution in [0.4, 0.5) is 0 Å². The van der Waals surface area contributed by atoms with E-state index in [-0.39, 0.29) is 5.92 Å². The molecule has 1 N–H and O–H groups in total. The highest BCUT2D eigenvalue weighted by Gasteiger charge is 2.19. The molecule has 0 aliphatic carbocycles. The average Bonchev–Trinajstić information content (AvgIpc) is 2.34. The van der Waals surface area contributed by atoms with E-state index >= 15 is 0 Å². The minimum absolute atomic E-state index is 0.248. The molecule has 17 heavy (non-hydrogen) atoms. The van der Waals surface area contributed by atoms with Gasteiger partial charge in [0.15, 0.2) is 0 Å². The average molecular weight is 301 g/mol. The molecule has 0 amide bonds. The molecule has 0 radical (unpaired) electrons. The number of ether oxygens (including phenoxy) is 1. The Morgan fingerprint density at radius 2 is 2.12 bits per heavy atom. The normalized spacial score (nSPS) is 14.4. The maximum absolute atomic E-state index is 10.4. The Morgan fingerprint density at radius 3 is 2.71 bits per heavy atom. The smallest absolute Gasteiger partial charge is 0.124 e. The zero-order valence-electron chi connectivity index (χ0n) is 10.7. The summed E-state index contributed by atoms with van der Waals surface area (Å²) in [5.41, 5.74) is 0.866. The lowest BCUT2D eigenvalue weighted by atomic mass is 9.92. The van der Waals surface area contributed by atoms with Crippen molar-refractivity contribution in [3.63, 3.8) is 0 Å². The molecule has 0 aliphatic heterocycles. The highest BCUT2D eigenvalue weighted by atomic mass is 79.9. The van der Waals surface area contributed by atoms with Crippen LogP contribution in [0.3, 0.4) is 0 Å². The molecule has 0 bridgehead atoms. The number of aliphatic hydroxyl groups is 1. The van der Waals surface area contributed by atoms with Crippen molar-refractivity contribution in [2.45, 2.75) is 39.2 Å². The summed E-state index contributed by atoms with van der Waals surface area (Å²) in [7, 11) is 1.64. The predicted octanol–water partition coefficient (Wildman–Crippen LogP) is 4.32. The number of halogens is 1. The van der Waals surface area contributed by atoms with Gasteiger partial charge in [-0.2, -0.15) is 0 Å². The van der Waals surface area contributed by atoms with E-state index in [1.165, 1.54) is 0 Å². The molecule has 0 aliphatic rings. The Kier molecular flexibility index (Phi) is 6.00. The molecule has 2 nitrogen and oxygen atoms in total. The van der Waals surface area contributed by atoms with Crippen molar-refractivity contribution in [2.24, 2.45) is 5.92 Å². The molecule has 3 heteroatoms. The lowest BCUT2D eigenvalue weighted by molar-refractivity contribution is 0.108. The summed E-state index contributed by atoms with van der Waals surface area (Å²) >= 11 is 3.43. The topological polar surface area (TPSA) is 29.5 Å². The first-order valence-electron chi connectivity index (χ1n) is 6.11. The van der Waals surface area contributed by atoms with Crippen molar-refractivity contribution in [3.8, 4) is 5.75 Å². The van der Waals surface area contributed by atoms with Crippen LogP contribution in [0.25, 0.3) is 0 Å². The molecule has 1 aromatic rings. The number of benzene rings is 1. The summed E-state index contributed by atoms with van der Waals surface area (Å²) in [5.74, 6) is 1.00. The third-order valence-corrected chi connectivity index (χ3v) is 3.56. The van der Waals surface area contributed by atoms with Crippen molar-refractivity contribution >= 4 is 15.9 Å². The van der Waals surface area contributed by atoms with Gasteiger partial charge >= 0.3 is 0 Å². The highest BCUT2D eigenvalue weighted by molar-refractivity contribution is 9.10. The second kappa shape index (κ2) is 7.02. The summed E-state index contributed by atoms with van der Waals surface area (Å²) in [6.45, 7) is 4.25. The highest BCUT2D eigenvalue weighted by Crippen LogP contribution is 2.34. The van der Waals surface area contributed by atoms with Gasteiger partial charge in [-0.3, -0.25) is 0 Å². The third-order valence-electron chi connectivity index (χ3n) is 3.06. The zero-order valence-corrected chi connectivity index (χ0v) is 12.3. The van der Waals surface area contributed by atoms with Crippen LogP contribution in [-0.2, 0) is 0 Å². The van der Waals surface area contributed by atoms with Crippen LogP contribution in [0.5, 0.6) is 5.75 Å². The SMILES string of the molecule is CCCCC(C)C(O)c1cc(Br)ccc1OC. The van der Waals surface area contributed by atoms with Crippen molar-refractivity contribution in [3.05, 3.63) is 28.2 Å². The summed E-state index contributed by atoms with van der Waals surface area (Å²) in [6.07, 6.45) is 2.88. The first kappa shape index (κ1) is 14.5. The maximum Gasteiger partial charge on any atom is 0.124 e. The molecule has 2 atom stereocenters. The zero-order chi connectivity index (χ0) is 12.8. The molecule has 0 heterocycles. The Bertz CT molecular complexity index is 352. The number of rotatable bonds is 6. The van der Waals surface area contributed by atoms with E-state index in [1.54, 1.807) is 7.11 Å². The summed E-state index contributed by atoms with van der Waals surface area (Å²) in [5, 5.41) is 10.4. The minimum Gasteiger partial charge on any atom is -0.496 e. The molecule has 0 fully saturated rings. The third kappa shape index (κ3) is 4.00. The largest absolute Gasteiger partial charge is 0.496 e. The van der Waals surface area contributed by atoms with Crippen molar-refractivity contribution in [1.29, 1.82) is 0 Å². The van der Waals surface area contributed by atoms with Gasteiger partial charge in [-0.15, -0.1) is 0 Å². The van der Waals surface area contributed by atoms with E-state index in [0.717, 1.165) is 35.0 Å². The number of hydrogen-bond acceptors (Lipinski definition) is 2. The Hall–Kier alpha value is -0.540. The van der Waals surface area contributed by atoms with E-state index < -0.39 is 6.10 Å². The standard InChI is InChI=1S/C14H21BrO2/c1-4-5-6-10(2)14(16)12-9-11(15)7-8-13(12)17-3/h7-10,14,16H,4-6H2,1-3H3. The van der Waals surface area contributed by atoms with Crippen LogP contribution in [0, 0.1) is 5.92 Å². The van der Waals surface area contributed by atoms with Gasteiger partial charge in [0.1, 0.15) is 5.75 Å². The predicted molar refractivity (Wildman–Crippen MR) is 74.3 cm³/mol. The fourth-order valence-electron chi connectivity index (χ4n) is 1.93. The molecule has 0 saturated heterocycles. The van der Waals surface area contributed by atoms with Crippen molar-refractivity contribution in [1.82, 2.24) is 0 Å². The number of methoxy groups -OCH3 is 1. The second-order valence-corrected chi connectivity index (χ2v) is 5.37. The Balaban J connectivity index is 2.86. The maximum atomic E-state index is 10.4. The summed E-state index contributed by atoms with van der Waals surface area (Å²) < 4.78 is 6.26. The van der Waals surface area contributed by atoms with Crippen LogP contribution >= 0.6 is 15.9 Å². The van der Waals surface area contributed by atoms with Gasteiger partial charge < -0.3 is 9.84 Å². The van der Waals surface area contributed by atoms with Gasteiger partial charge in [0.25, 0.3) is 0 Å². The first-order chi connectivity index (χ1) is 8.10. The van der Waals surface area contributed by atoms with Gasteiger partial charge in [0, 0.05) is 10.0 Å². The van der Waals surface area contributed by atoms with Crippen LogP contribution in [0.15, 0.2) is 22.7 Å². The molecular weight excluding hydrogens is 280 g/mol.